The van der Waals surface area contributed by atoms with E-state index in [0.29, 0.717) is 12.8 Å². The van der Waals surface area contributed by atoms with Gasteiger partial charge in [-0.3, -0.25) is 19.3 Å². The van der Waals surface area contributed by atoms with Crippen molar-refractivity contribution in [1.82, 2.24) is 4.90 Å². The summed E-state index contributed by atoms with van der Waals surface area (Å²) >= 11 is 0. The maximum absolute atomic E-state index is 13.2. The molecule has 39 heavy (non-hydrogen) atoms. The zero-order chi connectivity index (χ0) is 26.8. The van der Waals surface area contributed by atoms with E-state index in [9.17, 15) is 14.4 Å². The number of fused-ring (bicyclic) bond motifs is 1. The van der Waals surface area contributed by atoms with Gasteiger partial charge in [-0.2, -0.15) is 0 Å². The van der Waals surface area contributed by atoms with E-state index in [4.69, 9.17) is 14.2 Å². The van der Waals surface area contributed by atoms with Crippen LogP contribution in [0.4, 0.5) is 0 Å². The number of hydrogen-bond acceptors (Lipinski definition) is 6. The SMILES string of the molecule is COc1c2c(c(OC)c3c1C1c4ccccc4C3c3ccccc31)CC(C(=O)OCCN1C(=O)C=CC1=O)C2. The normalized spacial score (nSPS) is 21.4. The molecule has 7 heteroatoms. The van der Waals surface area contributed by atoms with Gasteiger partial charge in [0, 0.05) is 46.2 Å². The molecule has 0 saturated heterocycles. The van der Waals surface area contributed by atoms with Crippen molar-refractivity contribution >= 4 is 17.8 Å². The molecule has 0 aromatic heterocycles. The molecule has 196 valence electrons. The Kier molecular flexibility index (Phi) is 5.37. The molecule has 3 aromatic rings. The van der Waals surface area contributed by atoms with Gasteiger partial charge >= 0.3 is 5.97 Å². The van der Waals surface area contributed by atoms with Crippen LogP contribution in [-0.2, 0) is 32.0 Å². The fraction of sp³-hybridized carbons (Fsp3) is 0.281. The van der Waals surface area contributed by atoms with Crippen LogP contribution in [0.1, 0.15) is 56.3 Å². The van der Waals surface area contributed by atoms with Gasteiger partial charge in [0.2, 0.25) is 0 Å². The number of esters is 1. The number of benzene rings is 3. The molecule has 0 fully saturated rings. The van der Waals surface area contributed by atoms with Gasteiger partial charge < -0.3 is 14.2 Å². The maximum atomic E-state index is 13.2. The lowest BCUT2D eigenvalue weighted by Gasteiger charge is -2.44. The Hall–Kier alpha value is -4.39. The molecule has 3 aromatic carbocycles. The molecule has 8 rings (SSSR count). The number of rotatable bonds is 6. The smallest absolute Gasteiger partial charge is 0.309 e. The maximum Gasteiger partial charge on any atom is 0.309 e. The highest BCUT2D eigenvalue weighted by Crippen LogP contribution is 2.62. The average molecular weight is 522 g/mol. The topological polar surface area (TPSA) is 82.1 Å². The van der Waals surface area contributed by atoms with Crippen LogP contribution in [-0.4, -0.2) is 50.1 Å². The third-order valence-electron chi connectivity index (χ3n) is 8.61. The van der Waals surface area contributed by atoms with Gasteiger partial charge in [-0.25, -0.2) is 0 Å². The van der Waals surface area contributed by atoms with Crippen LogP contribution in [0.25, 0.3) is 0 Å². The van der Waals surface area contributed by atoms with Crippen molar-refractivity contribution in [3.63, 3.8) is 0 Å². The Morgan fingerprint density at radius 3 is 1.62 bits per heavy atom. The number of methoxy groups -OCH3 is 2. The molecule has 2 amide bonds. The van der Waals surface area contributed by atoms with E-state index in [1.54, 1.807) is 14.2 Å². The van der Waals surface area contributed by atoms with Gasteiger partial charge in [-0.15, -0.1) is 0 Å². The Morgan fingerprint density at radius 2 is 1.21 bits per heavy atom. The Balaban J connectivity index is 1.25. The molecule has 0 spiro atoms. The van der Waals surface area contributed by atoms with Crippen LogP contribution in [0.2, 0.25) is 0 Å². The zero-order valence-corrected chi connectivity index (χ0v) is 21.7. The largest absolute Gasteiger partial charge is 0.496 e. The molecular weight excluding hydrogens is 494 g/mol. The fourth-order valence-corrected chi connectivity index (χ4v) is 7.08. The van der Waals surface area contributed by atoms with Crippen LogP contribution < -0.4 is 9.47 Å². The van der Waals surface area contributed by atoms with Gasteiger partial charge in [0.15, 0.2) is 0 Å². The molecule has 1 heterocycles. The van der Waals surface area contributed by atoms with Crippen LogP contribution in [0.3, 0.4) is 0 Å². The van der Waals surface area contributed by atoms with E-state index < -0.39 is 5.92 Å². The summed E-state index contributed by atoms with van der Waals surface area (Å²) in [7, 11) is 3.40. The van der Waals surface area contributed by atoms with E-state index in [0.717, 1.165) is 38.7 Å². The van der Waals surface area contributed by atoms with E-state index >= 15 is 0 Å². The van der Waals surface area contributed by atoms with Gasteiger partial charge in [0.1, 0.15) is 18.1 Å². The van der Waals surface area contributed by atoms with E-state index in [1.165, 1.54) is 34.4 Å². The first-order chi connectivity index (χ1) is 19.0. The third kappa shape index (κ3) is 3.32. The standard InChI is InChI=1S/C32H27NO6/c1-37-30-22-15-17(32(36)39-14-13-33-24(34)11-12-25(33)35)16-23(22)31(38-2)29-27-20-9-5-3-7-18(20)26(28(29)30)19-8-4-6-10-21(19)27/h3-12,17,26-27H,13-16H2,1-2H3. The van der Waals surface area contributed by atoms with Crippen molar-refractivity contribution in [1.29, 1.82) is 0 Å². The summed E-state index contributed by atoms with van der Waals surface area (Å²) in [5, 5.41) is 0. The van der Waals surface area contributed by atoms with Gasteiger partial charge in [0.25, 0.3) is 11.8 Å². The van der Waals surface area contributed by atoms with Crippen molar-refractivity contribution in [2.75, 3.05) is 27.4 Å². The predicted molar refractivity (Wildman–Crippen MR) is 142 cm³/mol. The second kappa shape index (κ2) is 8.83. The fourth-order valence-electron chi connectivity index (χ4n) is 7.08. The number of hydrogen-bond donors (Lipinski definition) is 0. The molecule has 0 radical (unpaired) electrons. The zero-order valence-electron chi connectivity index (χ0n) is 21.7. The molecule has 7 nitrogen and oxygen atoms in total. The van der Waals surface area contributed by atoms with Crippen molar-refractivity contribution in [2.45, 2.75) is 24.7 Å². The molecule has 1 aliphatic heterocycles. The molecule has 0 atom stereocenters. The highest BCUT2D eigenvalue weighted by atomic mass is 16.5. The van der Waals surface area contributed by atoms with Crippen LogP contribution in [0, 0.1) is 5.92 Å². The lowest BCUT2D eigenvalue weighted by Crippen LogP contribution is -2.34. The molecule has 0 saturated carbocycles. The highest BCUT2D eigenvalue weighted by molar-refractivity contribution is 6.12. The molecular formula is C32H27NO6. The first kappa shape index (κ1) is 23.7. The minimum Gasteiger partial charge on any atom is -0.496 e. The highest BCUT2D eigenvalue weighted by Gasteiger charge is 2.48. The van der Waals surface area contributed by atoms with Gasteiger partial charge in [-0.05, 0) is 35.1 Å². The monoisotopic (exact) mass is 521 g/mol. The second-order valence-corrected chi connectivity index (χ2v) is 10.4. The van der Waals surface area contributed by atoms with Crippen LogP contribution in [0.15, 0.2) is 60.7 Å². The van der Waals surface area contributed by atoms with Crippen molar-refractivity contribution in [2.24, 2.45) is 5.92 Å². The molecule has 0 unspecified atom stereocenters. The average Bonchev–Trinajstić information content (AvgIpc) is 3.54. The summed E-state index contributed by atoms with van der Waals surface area (Å²) in [6.07, 6.45) is 3.40. The molecule has 2 bridgehead atoms. The van der Waals surface area contributed by atoms with Crippen molar-refractivity contribution < 1.29 is 28.6 Å². The Labute approximate surface area is 226 Å². The summed E-state index contributed by atoms with van der Waals surface area (Å²) < 4.78 is 17.8. The minimum absolute atomic E-state index is 0.0155. The van der Waals surface area contributed by atoms with E-state index in [-0.39, 0.29) is 42.8 Å². The van der Waals surface area contributed by atoms with Gasteiger partial charge in [0.05, 0.1) is 26.7 Å². The number of amides is 2. The van der Waals surface area contributed by atoms with Crippen molar-refractivity contribution in [3.05, 3.63) is 105 Å². The number of carbonyl (C=O) groups excluding carboxylic acids is 3. The molecule has 4 aliphatic carbocycles. The second-order valence-electron chi connectivity index (χ2n) is 10.4. The first-order valence-electron chi connectivity index (χ1n) is 13.2. The summed E-state index contributed by atoms with van der Waals surface area (Å²) in [6.45, 7) is 0.00126. The summed E-state index contributed by atoms with van der Waals surface area (Å²) in [6, 6.07) is 17.2. The minimum atomic E-state index is -0.405. The summed E-state index contributed by atoms with van der Waals surface area (Å²) in [5.74, 6) is 0.154. The lowest BCUT2D eigenvalue weighted by atomic mass is 9.60. The van der Waals surface area contributed by atoms with Gasteiger partial charge in [-0.1, -0.05) is 48.5 Å². The summed E-state index contributed by atoms with van der Waals surface area (Å²) in [5.41, 5.74) is 9.36. The number of imide groups is 1. The van der Waals surface area contributed by atoms with E-state index in [1.807, 2.05) is 0 Å². The Morgan fingerprint density at radius 1 is 0.769 bits per heavy atom. The number of nitrogens with zero attached hydrogens (tertiary/aromatic N) is 1. The first-order valence-corrected chi connectivity index (χ1v) is 13.2. The Bertz CT molecular complexity index is 1450. The third-order valence-corrected chi connectivity index (χ3v) is 8.61. The van der Waals surface area contributed by atoms with Crippen LogP contribution >= 0.6 is 0 Å². The van der Waals surface area contributed by atoms with E-state index in [2.05, 4.69) is 48.5 Å². The lowest BCUT2D eigenvalue weighted by molar-refractivity contribution is -0.151. The van der Waals surface area contributed by atoms with Crippen LogP contribution in [0.5, 0.6) is 11.5 Å². The number of carbonyl (C=O) groups is 3. The molecule has 0 N–H and O–H groups in total. The van der Waals surface area contributed by atoms with Crippen molar-refractivity contribution in [3.8, 4) is 11.5 Å². The quantitative estimate of drug-likeness (QED) is 0.249. The number of ether oxygens (including phenoxy) is 3. The summed E-state index contributed by atoms with van der Waals surface area (Å²) in [4.78, 5) is 37.8. The predicted octanol–water partition coefficient (Wildman–Crippen LogP) is 3.87. The molecule has 5 aliphatic rings.